The van der Waals surface area contributed by atoms with Crippen LogP contribution >= 0.6 is 0 Å². The molecule has 0 aromatic rings. The van der Waals surface area contributed by atoms with E-state index in [0.717, 1.165) is 12.0 Å². The zero-order valence-electron chi connectivity index (χ0n) is 9.05. The van der Waals surface area contributed by atoms with Crippen molar-refractivity contribution in [3.05, 3.63) is 24.3 Å². The van der Waals surface area contributed by atoms with Gasteiger partial charge in [0.05, 0.1) is 17.2 Å². The Morgan fingerprint density at radius 1 is 1.20 bits per heavy atom. The second-order valence-electron chi connectivity index (χ2n) is 5.88. The van der Waals surface area contributed by atoms with Crippen LogP contribution in [0.15, 0.2) is 24.3 Å². The van der Waals surface area contributed by atoms with Gasteiger partial charge in [0.2, 0.25) is 0 Å². The predicted molar refractivity (Wildman–Crippen MR) is 56.4 cm³/mol. The molecule has 0 aromatic carbocycles. The van der Waals surface area contributed by atoms with Gasteiger partial charge in [-0.3, -0.25) is 4.90 Å². The van der Waals surface area contributed by atoms with Crippen molar-refractivity contribution in [2.24, 2.45) is 11.8 Å². The molecule has 2 nitrogen and oxygen atoms in total. The molecular weight excluding hydrogens is 186 g/mol. The average molecular weight is 201 g/mol. The number of hydrogen-bond donors (Lipinski definition) is 0. The molecule has 1 saturated carbocycles. The minimum Gasteiger partial charge on any atom is -0.364 e. The van der Waals surface area contributed by atoms with Gasteiger partial charge in [-0.15, -0.1) is 0 Å². The molecule has 0 radical (unpaired) electrons. The summed E-state index contributed by atoms with van der Waals surface area (Å²) in [4.78, 5) is 2.70. The minimum atomic E-state index is 0.0973. The van der Waals surface area contributed by atoms with Gasteiger partial charge in [-0.2, -0.15) is 0 Å². The SMILES string of the molecule is CC1C2OC34C=CC=CC5(C3C)C4C2N15. The van der Waals surface area contributed by atoms with Crippen molar-refractivity contribution >= 4 is 0 Å². The van der Waals surface area contributed by atoms with Crippen LogP contribution in [0.1, 0.15) is 13.8 Å². The zero-order valence-corrected chi connectivity index (χ0v) is 9.05. The van der Waals surface area contributed by atoms with E-state index in [1.807, 2.05) is 0 Å². The van der Waals surface area contributed by atoms with Gasteiger partial charge >= 0.3 is 0 Å². The molecule has 5 rings (SSSR count). The predicted octanol–water partition coefficient (Wildman–Crippen LogP) is 1.34. The Hall–Kier alpha value is -0.600. The Kier molecular flexibility index (Phi) is 0.886. The molecule has 0 aromatic heterocycles. The first-order chi connectivity index (χ1) is 7.23. The molecule has 4 fully saturated rings. The van der Waals surface area contributed by atoms with E-state index in [4.69, 9.17) is 4.74 Å². The van der Waals surface area contributed by atoms with Gasteiger partial charge in [0.25, 0.3) is 0 Å². The van der Waals surface area contributed by atoms with E-state index in [9.17, 15) is 0 Å². The van der Waals surface area contributed by atoms with Crippen LogP contribution < -0.4 is 0 Å². The Labute approximate surface area is 89.6 Å². The summed E-state index contributed by atoms with van der Waals surface area (Å²) in [6.45, 7) is 4.68. The lowest BCUT2D eigenvalue weighted by atomic mass is 9.39. The number of allylic oxidation sites excluding steroid dienone is 2. The van der Waals surface area contributed by atoms with Crippen LogP contribution in [0.5, 0.6) is 0 Å². The Balaban J connectivity index is 1.81. The summed E-state index contributed by atoms with van der Waals surface area (Å²) in [5.41, 5.74) is 0.459. The van der Waals surface area contributed by atoms with Crippen LogP contribution in [-0.4, -0.2) is 34.2 Å². The molecule has 2 heteroatoms. The minimum absolute atomic E-state index is 0.0973. The molecule has 3 aliphatic heterocycles. The molecule has 3 saturated heterocycles. The highest BCUT2D eigenvalue weighted by molar-refractivity contribution is 5.52. The van der Waals surface area contributed by atoms with Crippen LogP contribution in [0.4, 0.5) is 0 Å². The lowest BCUT2D eigenvalue weighted by Gasteiger charge is -2.79. The second kappa shape index (κ2) is 1.74. The molecule has 7 unspecified atom stereocenters. The van der Waals surface area contributed by atoms with Crippen molar-refractivity contribution in [2.75, 3.05) is 0 Å². The summed E-state index contributed by atoms with van der Waals surface area (Å²) in [7, 11) is 0. The fourth-order valence-electron chi connectivity index (χ4n) is 5.36. The summed E-state index contributed by atoms with van der Waals surface area (Å²) in [5, 5.41) is 0. The van der Waals surface area contributed by atoms with E-state index in [-0.39, 0.29) is 5.60 Å². The third-order valence-electron chi connectivity index (χ3n) is 5.89. The molecular formula is C13H15NO. The highest BCUT2D eigenvalue weighted by Gasteiger charge is 2.90. The lowest BCUT2D eigenvalue weighted by molar-refractivity contribution is -0.277. The number of hydrogen-bond acceptors (Lipinski definition) is 2. The molecule has 78 valence electrons. The fraction of sp³-hybridized carbons (Fsp3) is 0.692. The molecule has 0 amide bonds. The standard InChI is InChI=1S/C13H15NO/c1-7-10-9-11-12(14(7)9)5-3-4-6-13(11,15-10)8(12)2/h3-11H,1-2H3. The van der Waals surface area contributed by atoms with E-state index in [2.05, 4.69) is 43.1 Å². The molecule has 5 aliphatic rings. The third kappa shape index (κ3) is 0.433. The monoisotopic (exact) mass is 201 g/mol. The Morgan fingerprint density at radius 2 is 2.00 bits per heavy atom. The van der Waals surface area contributed by atoms with Crippen molar-refractivity contribution in [1.29, 1.82) is 0 Å². The third-order valence-corrected chi connectivity index (χ3v) is 5.89. The molecule has 2 bridgehead atoms. The Bertz CT molecular complexity index is 442. The van der Waals surface area contributed by atoms with Gasteiger partial charge < -0.3 is 4.74 Å². The smallest absolute Gasteiger partial charge is 0.0982 e. The van der Waals surface area contributed by atoms with E-state index < -0.39 is 0 Å². The van der Waals surface area contributed by atoms with E-state index in [1.54, 1.807) is 0 Å². The molecule has 2 spiro atoms. The van der Waals surface area contributed by atoms with Crippen LogP contribution in [0, 0.1) is 11.8 Å². The maximum absolute atomic E-state index is 6.37. The Morgan fingerprint density at radius 3 is 2.87 bits per heavy atom. The molecule has 15 heavy (non-hydrogen) atoms. The quantitative estimate of drug-likeness (QED) is 0.586. The first kappa shape index (κ1) is 7.64. The van der Waals surface area contributed by atoms with Crippen LogP contribution in [0.3, 0.4) is 0 Å². The first-order valence-electron chi connectivity index (χ1n) is 6.07. The highest BCUT2D eigenvalue weighted by atomic mass is 16.5. The van der Waals surface area contributed by atoms with Crippen molar-refractivity contribution < 1.29 is 4.74 Å². The average Bonchev–Trinajstić information content (AvgIpc) is 2.46. The van der Waals surface area contributed by atoms with Crippen molar-refractivity contribution in [1.82, 2.24) is 4.90 Å². The summed E-state index contributed by atoms with van der Waals surface area (Å²) in [6.07, 6.45) is 9.69. The summed E-state index contributed by atoms with van der Waals surface area (Å²) in [6, 6.07) is 1.37. The molecule has 3 heterocycles. The largest absolute Gasteiger partial charge is 0.364 e. The highest BCUT2D eigenvalue weighted by Crippen LogP contribution is 2.78. The number of ether oxygens (including phenoxy) is 1. The van der Waals surface area contributed by atoms with E-state index in [0.29, 0.717) is 23.6 Å². The zero-order chi connectivity index (χ0) is 10.00. The van der Waals surface area contributed by atoms with Crippen molar-refractivity contribution in [2.45, 2.75) is 43.2 Å². The van der Waals surface area contributed by atoms with Gasteiger partial charge in [0, 0.05) is 23.9 Å². The van der Waals surface area contributed by atoms with Gasteiger partial charge in [-0.1, -0.05) is 31.2 Å². The van der Waals surface area contributed by atoms with Crippen molar-refractivity contribution in [3.8, 4) is 0 Å². The molecule has 2 aliphatic carbocycles. The molecule has 7 atom stereocenters. The molecule has 0 N–H and O–H groups in total. The normalized spacial score (nSPS) is 71.5. The second-order valence-corrected chi connectivity index (χ2v) is 5.88. The van der Waals surface area contributed by atoms with E-state index >= 15 is 0 Å². The number of nitrogens with zero attached hydrogens (tertiary/aromatic N) is 1. The summed E-state index contributed by atoms with van der Waals surface area (Å²) in [5.74, 6) is 1.40. The van der Waals surface area contributed by atoms with Crippen molar-refractivity contribution in [3.63, 3.8) is 0 Å². The van der Waals surface area contributed by atoms with Gasteiger partial charge in [0.15, 0.2) is 0 Å². The summed E-state index contributed by atoms with van der Waals surface area (Å²) >= 11 is 0. The summed E-state index contributed by atoms with van der Waals surface area (Å²) < 4.78 is 6.37. The van der Waals surface area contributed by atoms with Gasteiger partial charge in [-0.05, 0) is 6.92 Å². The van der Waals surface area contributed by atoms with E-state index in [1.165, 1.54) is 0 Å². The fourth-order valence-corrected chi connectivity index (χ4v) is 5.36. The number of piperidine rings is 2. The maximum Gasteiger partial charge on any atom is 0.0982 e. The first-order valence-corrected chi connectivity index (χ1v) is 6.07. The van der Waals surface area contributed by atoms with Gasteiger partial charge in [0.1, 0.15) is 0 Å². The lowest BCUT2D eigenvalue weighted by Crippen LogP contribution is -2.93. The maximum atomic E-state index is 6.37. The van der Waals surface area contributed by atoms with Crippen LogP contribution in [-0.2, 0) is 4.74 Å². The van der Waals surface area contributed by atoms with Crippen LogP contribution in [0.25, 0.3) is 0 Å². The number of rotatable bonds is 0. The topological polar surface area (TPSA) is 12.5 Å². The van der Waals surface area contributed by atoms with Crippen LogP contribution in [0.2, 0.25) is 0 Å². The van der Waals surface area contributed by atoms with Gasteiger partial charge in [-0.25, -0.2) is 0 Å².